The largest absolute Gasteiger partial charge is 0.444 e. The molecule has 3 N–H and O–H groups in total. The predicted molar refractivity (Wildman–Crippen MR) is 149 cm³/mol. The minimum atomic E-state index is -0.998. The number of nitrogens with one attached hydrogen (secondary N) is 1. The molecule has 4 atom stereocenters. The number of alkyl carbamates (subject to hydrolysis) is 1. The molecule has 7 heteroatoms. The molecule has 2 aromatic carbocycles. The standard InChI is InChI=1S/C31H44N2O5/c1-22(2)26(21-34)33-17-16-31(28(33)36,19-24-14-10-7-11-15-24)20-27(35)25(18-23-12-8-6-9-13-23)32-29(37)38-30(3,4)5/h6-15,22,25-27,34-35H,16-21H2,1-5H3,(H,32,37)/t25-,26+,27-,31+/m0/s1. The second-order valence-corrected chi connectivity index (χ2v) is 11.9. The van der Waals surface area contributed by atoms with Gasteiger partial charge in [0.05, 0.1) is 30.2 Å². The number of benzene rings is 2. The van der Waals surface area contributed by atoms with Crippen molar-refractivity contribution in [1.29, 1.82) is 0 Å². The van der Waals surface area contributed by atoms with Crippen LogP contribution in [0.15, 0.2) is 60.7 Å². The summed E-state index contributed by atoms with van der Waals surface area (Å²) in [6.07, 6.45) is 0.00934. The smallest absolute Gasteiger partial charge is 0.407 e. The molecule has 1 aliphatic heterocycles. The van der Waals surface area contributed by atoms with Crippen LogP contribution in [0.4, 0.5) is 4.79 Å². The first-order valence-electron chi connectivity index (χ1n) is 13.6. The maximum Gasteiger partial charge on any atom is 0.407 e. The van der Waals surface area contributed by atoms with E-state index >= 15 is 0 Å². The summed E-state index contributed by atoms with van der Waals surface area (Å²) in [4.78, 5) is 28.6. The lowest BCUT2D eigenvalue weighted by molar-refractivity contribution is -0.141. The Labute approximate surface area is 227 Å². The first kappa shape index (κ1) is 29.7. The van der Waals surface area contributed by atoms with Gasteiger partial charge in [0.25, 0.3) is 0 Å². The van der Waals surface area contributed by atoms with Crippen LogP contribution in [-0.4, -0.2) is 64.1 Å². The number of hydrogen-bond acceptors (Lipinski definition) is 5. The molecular formula is C31H44N2O5. The van der Waals surface area contributed by atoms with Crippen molar-refractivity contribution >= 4 is 12.0 Å². The van der Waals surface area contributed by atoms with Gasteiger partial charge in [-0.05, 0) is 63.5 Å². The van der Waals surface area contributed by atoms with Crippen LogP contribution >= 0.6 is 0 Å². The Balaban J connectivity index is 1.91. The van der Waals surface area contributed by atoms with Gasteiger partial charge in [0.1, 0.15) is 5.60 Å². The number of rotatable bonds is 11. The summed E-state index contributed by atoms with van der Waals surface area (Å²) < 4.78 is 5.49. The van der Waals surface area contributed by atoms with Crippen LogP contribution in [0.5, 0.6) is 0 Å². The Morgan fingerprint density at radius 1 is 1.05 bits per heavy atom. The van der Waals surface area contributed by atoms with E-state index in [2.05, 4.69) is 5.32 Å². The van der Waals surface area contributed by atoms with Crippen LogP contribution in [-0.2, 0) is 22.4 Å². The molecule has 0 aromatic heterocycles. The van der Waals surface area contributed by atoms with E-state index < -0.39 is 29.3 Å². The average Bonchev–Trinajstić information content (AvgIpc) is 3.14. The average molecular weight is 525 g/mol. The number of likely N-dealkylation sites (tertiary alicyclic amines) is 1. The van der Waals surface area contributed by atoms with E-state index in [-0.39, 0.29) is 30.9 Å². The Morgan fingerprint density at radius 3 is 2.16 bits per heavy atom. The van der Waals surface area contributed by atoms with Gasteiger partial charge in [0, 0.05) is 6.54 Å². The first-order chi connectivity index (χ1) is 17.9. The number of carbonyl (C=O) groups excluding carboxylic acids is 2. The lowest BCUT2D eigenvalue weighted by Crippen LogP contribution is -2.51. The number of amides is 2. The maximum absolute atomic E-state index is 14.1. The van der Waals surface area contributed by atoms with Crippen molar-refractivity contribution in [3.05, 3.63) is 71.8 Å². The van der Waals surface area contributed by atoms with Gasteiger partial charge in [-0.3, -0.25) is 4.79 Å². The third-order valence-corrected chi connectivity index (χ3v) is 7.35. The minimum Gasteiger partial charge on any atom is -0.444 e. The van der Waals surface area contributed by atoms with Gasteiger partial charge in [-0.1, -0.05) is 74.5 Å². The highest BCUT2D eigenvalue weighted by Gasteiger charge is 2.50. The second-order valence-electron chi connectivity index (χ2n) is 11.9. The zero-order valence-corrected chi connectivity index (χ0v) is 23.4. The molecule has 0 spiro atoms. The first-order valence-corrected chi connectivity index (χ1v) is 13.6. The fourth-order valence-electron chi connectivity index (χ4n) is 5.40. The summed E-state index contributed by atoms with van der Waals surface area (Å²) in [5.74, 6) is 0.0462. The van der Waals surface area contributed by atoms with Crippen LogP contribution in [0.3, 0.4) is 0 Å². The SMILES string of the molecule is CC(C)[C@@H](CO)N1CC[C@@](Cc2ccccc2)(C[C@H](O)[C@H](Cc2ccccc2)NC(=O)OC(C)(C)C)C1=O. The summed E-state index contributed by atoms with van der Waals surface area (Å²) in [6, 6.07) is 18.6. The minimum absolute atomic E-state index is 0.0520. The van der Waals surface area contributed by atoms with E-state index in [9.17, 15) is 19.8 Å². The molecule has 2 aromatic rings. The molecule has 1 heterocycles. The molecule has 0 unspecified atom stereocenters. The quantitative estimate of drug-likeness (QED) is 0.406. The monoisotopic (exact) mass is 524 g/mol. The van der Waals surface area contributed by atoms with Crippen LogP contribution in [0.25, 0.3) is 0 Å². The highest BCUT2D eigenvalue weighted by molar-refractivity contribution is 5.85. The lowest BCUT2D eigenvalue weighted by atomic mass is 9.74. The van der Waals surface area contributed by atoms with Crippen molar-refractivity contribution in [2.45, 2.75) is 84.1 Å². The van der Waals surface area contributed by atoms with E-state index in [1.807, 2.05) is 74.5 Å². The normalized spacial score (nSPS) is 20.3. The van der Waals surface area contributed by atoms with Gasteiger partial charge in [-0.15, -0.1) is 0 Å². The van der Waals surface area contributed by atoms with Crippen LogP contribution in [0, 0.1) is 11.3 Å². The number of nitrogens with zero attached hydrogens (tertiary/aromatic N) is 1. The molecule has 1 aliphatic rings. The Kier molecular flexibility index (Phi) is 9.96. The van der Waals surface area contributed by atoms with Gasteiger partial charge in [-0.25, -0.2) is 4.79 Å². The molecule has 1 fully saturated rings. The van der Waals surface area contributed by atoms with Gasteiger partial charge in [-0.2, -0.15) is 0 Å². The summed E-state index contributed by atoms with van der Waals surface area (Å²) in [7, 11) is 0. The predicted octanol–water partition coefficient (Wildman–Crippen LogP) is 4.35. The number of ether oxygens (including phenoxy) is 1. The van der Waals surface area contributed by atoms with Gasteiger partial charge >= 0.3 is 6.09 Å². The van der Waals surface area contributed by atoms with Crippen molar-refractivity contribution < 1.29 is 24.5 Å². The molecule has 208 valence electrons. The van der Waals surface area contributed by atoms with Gasteiger partial charge < -0.3 is 25.2 Å². The summed E-state index contributed by atoms with van der Waals surface area (Å²) >= 11 is 0. The van der Waals surface area contributed by atoms with E-state index in [4.69, 9.17) is 4.74 Å². The molecular weight excluding hydrogens is 480 g/mol. The molecule has 38 heavy (non-hydrogen) atoms. The third kappa shape index (κ3) is 7.81. The van der Waals surface area contributed by atoms with Crippen molar-refractivity contribution in [2.75, 3.05) is 13.2 Å². The Morgan fingerprint density at radius 2 is 1.63 bits per heavy atom. The summed E-state index contributed by atoms with van der Waals surface area (Å²) in [5.41, 5.74) is 0.441. The van der Waals surface area contributed by atoms with Crippen LogP contribution in [0.2, 0.25) is 0 Å². The molecule has 0 bridgehead atoms. The summed E-state index contributed by atoms with van der Waals surface area (Å²) in [5, 5.41) is 24.6. The fourth-order valence-corrected chi connectivity index (χ4v) is 5.40. The maximum atomic E-state index is 14.1. The van der Waals surface area contributed by atoms with Crippen molar-refractivity contribution in [3.8, 4) is 0 Å². The number of aliphatic hydroxyl groups excluding tert-OH is 2. The van der Waals surface area contributed by atoms with Gasteiger partial charge in [0.2, 0.25) is 5.91 Å². The number of hydrogen-bond donors (Lipinski definition) is 3. The Bertz CT molecular complexity index is 1040. The summed E-state index contributed by atoms with van der Waals surface area (Å²) in [6.45, 7) is 9.79. The van der Waals surface area contributed by atoms with E-state index in [1.54, 1.807) is 25.7 Å². The topological polar surface area (TPSA) is 99.1 Å². The van der Waals surface area contributed by atoms with Crippen LogP contribution in [0.1, 0.15) is 58.6 Å². The fraction of sp³-hybridized carbons (Fsp3) is 0.548. The highest BCUT2D eigenvalue weighted by atomic mass is 16.6. The zero-order valence-electron chi connectivity index (χ0n) is 23.4. The third-order valence-electron chi connectivity index (χ3n) is 7.35. The van der Waals surface area contributed by atoms with Crippen molar-refractivity contribution in [2.24, 2.45) is 11.3 Å². The molecule has 1 saturated heterocycles. The zero-order chi connectivity index (χ0) is 27.9. The molecule has 2 amide bonds. The van der Waals surface area contributed by atoms with Gasteiger partial charge in [0.15, 0.2) is 0 Å². The molecule has 3 rings (SSSR count). The molecule has 0 saturated carbocycles. The molecule has 0 radical (unpaired) electrons. The highest BCUT2D eigenvalue weighted by Crippen LogP contribution is 2.42. The second kappa shape index (κ2) is 12.8. The van der Waals surface area contributed by atoms with Crippen molar-refractivity contribution in [3.63, 3.8) is 0 Å². The Hall–Kier alpha value is -2.90. The number of carbonyl (C=O) groups is 2. The van der Waals surface area contributed by atoms with Crippen LogP contribution < -0.4 is 5.32 Å². The molecule has 0 aliphatic carbocycles. The van der Waals surface area contributed by atoms with E-state index in [1.165, 1.54) is 0 Å². The van der Waals surface area contributed by atoms with E-state index in [0.29, 0.717) is 25.8 Å². The number of aliphatic hydroxyl groups is 2. The molecule has 7 nitrogen and oxygen atoms in total. The lowest BCUT2D eigenvalue weighted by Gasteiger charge is -2.36. The van der Waals surface area contributed by atoms with Crippen molar-refractivity contribution in [1.82, 2.24) is 10.2 Å². The van der Waals surface area contributed by atoms with E-state index in [0.717, 1.165) is 11.1 Å².